The molecule has 6 nitrogen and oxygen atoms in total. The Morgan fingerprint density at radius 1 is 1.04 bits per heavy atom. The second-order valence-electron chi connectivity index (χ2n) is 5.64. The molecule has 0 aliphatic rings. The van der Waals surface area contributed by atoms with E-state index in [0.717, 1.165) is 0 Å². The summed E-state index contributed by atoms with van der Waals surface area (Å²) in [4.78, 5) is 22.9. The van der Waals surface area contributed by atoms with Crippen LogP contribution < -0.4 is 10.6 Å². The van der Waals surface area contributed by atoms with Crippen molar-refractivity contribution in [1.82, 2.24) is 5.32 Å². The van der Waals surface area contributed by atoms with Crippen molar-refractivity contribution in [1.29, 1.82) is 0 Å². The molecule has 0 aromatic heterocycles. The summed E-state index contributed by atoms with van der Waals surface area (Å²) in [7, 11) is -3.64. The second-order valence-corrected chi connectivity index (χ2v) is 7.75. The van der Waals surface area contributed by atoms with E-state index in [2.05, 4.69) is 10.6 Å². The van der Waals surface area contributed by atoms with Gasteiger partial charge >= 0.3 is 0 Å². The zero-order chi connectivity index (χ0) is 19.2. The van der Waals surface area contributed by atoms with Gasteiger partial charge in [0, 0.05) is 31.1 Å². The monoisotopic (exact) mass is 378 g/mol. The molecule has 2 amide bonds. The minimum absolute atomic E-state index is 0.00301. The Morgan fingerprint density at radius 3 is 2.31 bits per heavy atom. The minimum Gasteiger partial charge on any atom is -0.352 e. The van der Waals surface area contributed by atoms with E-state index in [1.54, 1.807) is 18.2 Å². The molecule has 0 atom stereocenters. The number of nitrogens with one attached hydrogen (secondary N) is 2. The molecule has 0 heterocycles. The highest BCUT2D eigenvalue weighted by Crippen LogP contribution is 2.16. The summed E-state index contributed by atoms with van der Waals surface area (Å²) in [6, 6.07) is 11.7. The number of benzene rings is 2. The summed E-state index contributed by atoms with van der Waals surface area (Å²) in [6.45, 7) is 1.35. The van der Waals surface area contributed by atoms with Gasteiger partial charge in [-0.05, 0) is 30.3 Å². The summed E-state index contributed by atoms with van der Waals surface area (Å²) in [5, 5.41) is 5.05. The molecule has 0 aliphatic heterocycles. The first-order valence-corrected chi connectivity index (χ1v) is 9.54. The first-order valence-electron chi connectivity index (χ1n) is 7.88. The Hall–Kier alpha value is -2.74. The number of sulfone groups is 1. The van der Waals surface area contributed by atoms with Gasteiger partial charge in [0.05, 0.1) is 10.6 Å². The van der Waals surface area contributed by atoms with Gasteiger partial charge in [-0.2, -0.15) is 0 Å². The van der Waals surface area contributed by atoms with Gasteiger partial charge in [0.2, 0.25) is 11.8 Å². The fourth-order valence-electron chi connectivity index (χ4n) is 2.22. The molecule has 0 bridgehead atoms. The molecule has 0 saturated carbocycles. The summed E-state index contributed by atoms with van der Waals surface area (Å²) < 4.78 is 38.0. The van der Waals surface area contributed by atoms with Crippen LogP contribution in [-0.4, -0.2) is 26.0 Å². The number of anilines is 1. The van der Waals surface area contributed by atoms with Gasteiger partial charge in [-0.1, -0.05) is 18.2 Å². The Labute approximate surface area is 151 Å². The minimum atomic E-state index is -3.64. The standard InChI is InChI=1S/C18H19FN2O4S/c1-13(22)21-15-6-8-16(9-7-15)26(24,25)11-10-18(23)20-12-14-4-2-3-5-17(14)19/h2-9H,10-12H2,1H3,(H,20,23)(H,21,22). The largest absolute Gasteiger partial charge is 0.352 e. The number of carbonyl (C=O) groups is 2. The smallest absolute Gasteiger partial charge is 0.221 e. The topological polar surface area (TPSA) is 92.3 Å². The van der Waals surface area contributed by atoms with Crippen LogP contribution in [0.5, 0.6) is 0 Å². The Bertz CT molecular complexity index is 896. The molecule has 0 aliphatic carbocycles. The highest BCUT2D eigenvalue weighted by molar-refractivity contribution is 7.91. The zero-order valence-electron chi connectivity index (χ0n) is 14.2. The predicted octanol–water partition coefficient (Wildman–Crippen LogP) is 2.26. The molecule has 8 heteroatoms. The van der Waals surface area contributed by atoms with Crippen molar-refractivity contribution < 1.29 is 22.4 Å². The van der Waals surface area contributed by atoms with Crippen molar-refractivity contribution in [2.45, 2.75) is 24.8 Å². The first kappa shape index (κ1) is 19.6. The molecule has 138 valence electrons. The molecule has 0 radical (unpaired) electrons. The SMILES string of the molecule is CC(=O)Nc1ccc(S(=O)(=O)CCC(=O)NCc2ccccc2F)cc1. The molecule has 0 saturated heterocycles. The molecular weight excluding hydrogens is 359 g/mol. The van der Waals surface area contributed by atoms with Gasteiger partial charge in [-0.15, -0.1) is 0 Å². The maximum atomic E-state index is 13.5. The predicted molar refractivity (Wildman–Crippen MR) is 95.7 cm³/mol. The maximum Gasteiger partial charge on any atom is 0.221 e. The lowest BCUT2D eigenvalue weighted by atomic mass is 10.2. The van der Waals surface area contributed by atoms with E-state index in [9.17, 15) is 22.4 Å². The van der Waals surface area contributed by atoms with E-state index in [4.69, 9.17) is 0 Å². The molecule has 2 aromatic rings. The van der Waals surface area contributed by atoms with Gasteiger partial charge in [-0.25, -0.2) is 12.8 Å². The highest BCUT2D eigenvalue weighted by atomic mass is 32.2. The van der Waals surface area contributed by atoms with Gasteiger partial charge in [0.1, 0.15) is 5.82 Å². The van der Waals surface area contributed by atoms with Crippen molar-refractivity contribution >= 4 is 27.3 Å². The molecule has 0 spiro atoms. The number of rotatable bonds is 7. The first-order chi connectivity index (χ1) is 12.3. The average molecular weight is 378 g/mol. The second kappa shape index (κ2) is 8.57. The van der Waals surface area contributed by atoms with E-state index in [1.165, 1.54) is 37.3 Å². The van der Waals surface area contributed by atoms with Crippen LogP contribution in [0, 0.1) is 5.82 Å². The van der Waals surface area contributed by atoms with Gasteiger partial charge < -0.3 is 10.6 Å². The average Bonchev–Trinajstić information content (AvgIpc) is 2.59. The molecule has 2 rings (SSSR count). The molecule has 26 heavy (non-hydrogen) atoms. The maximum absolute atomic E-state index is 13.5. The van der Waals surface area contributed by atoms with Crippen molar-refractivity contribution in [3.8, 4) is 0 Å². The Kier molecular flexibility index (Phi) is 6.46. The van der Waals surface area contributed by atoms with Crippen LogP contribution in [-0.2, 0) is 26.0 Å². The quantitative estimate of drug-likeness (QED) is 0.773. The molecule has 2 N–H and O–H groups in total. The highest BCUT2D eigenvalue weighted by Gasteiger charge is 2.16. The van der Waals surface area contributed by atoms with E-state index >= 15 is 0 Å². The van der Waals surface area contributed by atoms with Crippen LogP contribution in [0.4, 0.5) is 10.1 Å². The number of hydrogen-bond acceptors (Lipinski definition) is 4. The third-order valence-electron chi connectivity index (χ3n) is 3.57. The third-order valence-corrected chi connectivity index (χ3v) is 5.30. The van der Waals surface area contributed by atoms with E-state index in [1.807, 2.05) is 0 Å². The van der Waals surface area contributed by atoms with Crippen LogP contribution in [0.3, 0.4) is 0 Å². The van der Waals surface area contributed by atoms with Gasteiger partial charge in [-0.3, -0.25) is 9.59 Å². The molecule has 2 aromatic carbocycles. The van der Waals surface area contributed by atoms with E-state index < -0.39 is 21.6 Å². The van der Waals surface area contributed by atoms with Gasteiger partial charge in [0.15, 0.2) is 9.84 Å². The Morgan fingerprint density at radius 2 is 1.69 bits per heavy atom. The summed E-state index contributed by atoms with van der Waals surface area (Å²) in [5.41, 5.74) is 0.816. The van der Waals surface area contributed by atoms with Crippen LogP contribution in [0.15, 0.2) is 53.4 Å². The fraction of sp³-hybridized carbons (Fsp3) is 0.222. The number of hydrogen-bond donors (Lipinski definition) is 2. The summed E-state index contributed by atoms with van der Waals surface area (Å²) in [5.74, 6) is -1.53. The zero-order valence-corrected chi connectivity index (χ0v) is 15.0. The summed E-state index contributed by atoms with van der Waals surface area (Å²) in [6.07, 6.45) is -0.232. The van der Waals surface area contributed by atoms with Crippen molar-refractivity contribution in [3.05, 3.63) is 59.9 Å². The molecule has 0 unspecified atom stereocenters. The molecular formula is C18H19FN2O4S. The number of carbonyl (C=O) groups excluding carboxylic acids is 2. The lowest BCUT2D eigenvalue weighted by Gasteiger charge is -2.08. The lowest BCUT2D eigenvalue weighted by Crippen LogP contribution is -2.25. The fourth-order valence-corrected chi connectivity index (χ4v) is 3.46. The van der Waals surface area contributed by atoms with Crippen molar-refractivity contribution in [3.63, 3.8) is 0 Å². The van der Waals surface area contributed by atoms with Crippen molar-refractivity contribution in [2.24, 2.45) is 0 Å². The lowest BCUT2D eigenvalue weighted by molar-refractivity contribution is -0.120. The van der Waals surface area contributed by atoms with Crippen LogP contribution >= 0.6 is 0 Å². The van der Waals surface area contributed by atoms with Crippen LogP contribution in [0.1, 0.15) is 18.9 Å². The van der Waals surface area contributed by atoms with E-state index in [-0.39, 0.29) is 29.5 Å². The van der Waals surface area contributed by atoms with E-state index in [0.29, 0.717) is 11.3 Å². The van der Waals surface area contributed by atoms with Crippen LogP contribution in [0.2, 0.25) is 0 Å². The number of amides is 2. The molecule has 0 fully saturated rings. The van der Waals surface area contributed by atoms with Crippen LogP contribution in [0.25, 0.3) is 0 Å². The third kappa shape index (κ3) is 5.66. The summed E-state index contributed by atoms with van der Waals surface area (Å²) >= 11 is 0. The van der Waals surface area contributed by atoms with Crippen molar-refractivity contribution in [2.75, 3.05) is 11.1 Å². The normalized spacial score (nSPS) is 11.0. The number of halogens is 1. The Balaban J connectivity index is 1.89. The van der Waals surface area contributed by atoms with Gasteiger partial charge in [0.25, 0.3) is 0 Å².